The molecule has 1 N–H and O–H groups in total. The smallest absolute Gasteiger partial charge is 0.124 e. The molecule has 0 heterocycles. The van der Waals surface area contributed by atoms with E-state index in [0.717, 1.165) is 16.5 Å². The summed E-state index contributed by atoms with van der Waals surface area (Å²) in [7, 11) is 0. The van der Waals surface area contributed by atoms with Crippen molar-refractivity contribution in [2.45, 2.75) is 33.2 Å². The Labute approximate surface area is 111 Å². The minimum absolute atomic E-state index is 0.159. The van der Waals surface area contributed by atoms with E-state index in [1.165, 1.54) is 5.56 Å². The van der Waals surface area contributed by atoms with Crippen molar-refractivity contribution >= 4 is 22.6 Å². The lowest BCUT2D eigenvalue weighted by Crippen LogP contribution is -2.23. The van der Waals surface area contributed by atoms with Crippen molar-refractivity contribution in [3.63, 3.8) is 0 Å². The highest BCUT2D eigenvalue weighted by molar-refractivity contribution is 14.1. The second kappa shape index (κ2) is 6.55. The Bertz CT molecular complexity index is 339. The van der Waals surface area contributed by atoms with Crippen molar-refractivity contribution < 1.29 is 4.39 Å². The van der Waals surface area contributed by atoms with E-state index in [0.29, 0.717) is 12.0 Å². The summed E-state index contributed by atoms with van der Waals surface area (Å²) in [5, 5.41) is 3.46. The lowest BCUT2D eigenvalue weighted by atomic mass is 9.97. The fourth-order valence-electron chi connectivity index (χ4n) is 1.82. The van der Waals surface area contributed by atoms with Gasteiger partial charge in [0.1, 0.15) is 5.82 Å². The highest BCUT2D eigenvalue weighted by atomic mass is 127. The van der Waals surface area contributed by atoms with E-state index in [9.17, 15) is 4.39 Å². The zero-order valence-electron chi connectivity index (χ0n) is 10.1. The normalized spacial score (nSPS) is 13.1. The fourth-order valence-corrected chi connectivity index (χ4v) is 2.68. The van der Waals surface area contributed by atoms with Gasteiger partial charge in [-0.2, -0.15) is 0 Å². The van der Waals surface area contributed by atoms with Gasteiger partial charge in [-0.3, -0.25) is 0 Å². The first-order valence-electron chi connectivity index (χ1n) is 5.73. The van der Waals surface area contributed by atoms with Gasteiger partial charge in [-0.1, -0.05) is 26.8 Å². The summed E-state index contributed by atoms with van der Waals surface area (Å²) in [5.74, 6) is 0.470. The molecule has 0 fully saturated rings. The molecule has 1 aromatic rings. The van der Waals surface area contributed by atoms with Crippen LogP contribution in [0.5, 0.6) is 0 Å². The summed E-state index contributed by atoms with van der Waals surface area (Å²) in [6, 6.07) is 5.37. The fraction of sp³-hybridized carbons (Fsp3) is 0.538. The van der Waals surface area contributed by atoms with Crippen LogP contribution >= 0.6 is 22.6 Å². The van der Waals surface area contributed by atoms with Gasteiger partial charge in [0.15, 0.2) is 0 Å². The maximum absolute atomic E-state index is 13.0. The van der Waals surface area contributed by atoms with Crippen LogP contribution in [0, 0.1) is 15.3 Å². The predicted octanol–water partition coefficient (Wildman–Crippen LogP) is 4.13. The number of hydrogen-bond donors (Lipinski definition) is 1. The summed E-state index contributed by atoms with van der Waals surface area (Å²) in [6.07, 6.45) is 1.08. The molecule has 90 valence electrons. The molecule has 0 aliphatic heterocycles. The first kappa shape index (κ1) is 13.9. The Morgan fingerprint density at radius 3 is 2.56 bits per heavy atom. The van der Waals surface area contributed by atoms with E-state index >= 15 is 0 Å². The quantitative estimate of drug-likeness (QED) is 0.798. The standard InChI is InChI=1S/C13H19FIN/c1-4-16-13(7-9(2)3)11-6-5-10(14)8-12(11)15/h5-6,8-9,13,16H,4,7H2,1-3H3. The molecule has 0 spiro atoms. The van der Waals surface area contributed by atoms with Gasteiger partial charge in [0.2, 0.25) is 0 Å². The van der Waals surface area contributed by atoms with E-state index in [1.807, 2.05) is 6.07 Å². The van der Waals surface area contributed by atoms with E-state index in [2.05, 4.69) is 48.7 Å². The van der Waals surface area contributed by atoms with Gasteiger partial charge in [0, 0.05) is 9.61 Å². The Morgan fingerprint density at radius 1 is 1.38 bits per heavy atom. The molecule has 0 aliphatic carbocycles. The molecule has 1 atom stereocenters. The Morgan fingerprint density at radius 2 is 2.06 bits per heavy atom. The molecule has 0 amide bonds. The lowest BCUT2D eigenvalue weighted by molar-refractivity contribution is 0.436. The van der Waals surface area contributed by atoms with Crippen LogP contribution in [0.2, 0.25) is 0 Å². The van der Waals surface area contributed by atoms with Crippen LogP contribution in [-0.4, -0.2) is 6.54 Å². The molecule has 0 saturated heterocycles. The molecule has 1 nitrogen and oxygen atoms in total. The average Bonchev–Trinajstić information content (AvgIpc) is 2.16. The van der Waals surface area contributed by atoms with Crippen LogP contribution in [0.15, 0.2) is 18.2 Å². The van der Waals surface area contributed by atoms with E-state index in [1.54, 1.807) is 12.1 Å². The van der Waals surface area contributed by atoms with Gasteiger partial charge in [-0.25, -0.2) is 4.39 Å². The zero-order valence-corrected chi connectivity index (χ0v) is 12.2. The van der Waals surface area contributed by atoms with Gasteiger partial charge in [0.05, 0.1) is 0 Å². The Hall–Kier alpha value is -0.160. The minimum Gasteiger partial charge on any atom is -0.310 e. The molecule has 1 aromatic carbocycles. The first-order valence-corrected chi connectivity index (χ1v) is 6.80. The van der Waals surface area contributed by atoms with Crippen molar-refractivity contribution in [1.82, 2.24) is 5.32 Å². The number of halogens is 2. The number of rotatable bonds is 5. The maximum Gasteiger partial charge on any atom is 0.124 e. The molecule has 0 bridgehead atoms. The van der Waals surface area contributed by atoms with Crippen molar-refractivity contribution in [2.24, 2.45) is 5.92 Å². The summed E-state index contributed by atoms with van der Waals surface area (Å²) in [4.78, 5) is 0. The molecule has 0 aliphatic rings. The SMILES string of the molecule is CCNC(CC(C)C)c1ccc(F)cc1I. The summed E-state index contributed by atoms with van der Waals surface area (Å²) in [6.45, 7) is 7.45. The van der Waals surface area contributed by atoms with Crippen LogP contribution in [0.3, 0.4) is 0 Å². The molecular weight excluding hydrogens is 316 g/mol. The van der Waals surface area contributed by atoms with Crippen LogP contribution in [0.4, 0.5) is 4.39 Å². The first-order chi connectivity index (χ1) is 7.54. The van der Waals surface area contributed by atoms with Gasteiger partial charge in [-0.05, 0) is 59.2 Å². The molecule has 0 saturated carbocycles. The lowest BCUT2D eigenvalue weighted by Gasteiger charge is -2.21. The van der Waals surface area contributed by atoms with E-state index in [-0.39, 0.29) is 5.82 Å². The molecule has 3 heteroatoms. The second-order valence-corrected chi connectivity index (χ2v) is 5.57. The molecule has 1 rings (SSSR count). The van der Waals surface area contributed by atoms with Crippen LogP contribution in [0.25, 0.3) is 0 Å². The summed E-state index contributed by atoms with van der Waals surface area (Å²) >= 11 is 2.21. The third-order valence-corrected chi connectivity index (χ3v) is 3.43. The second-order valence-electron chi connectivity index (χ2n) is 4.41. The molecular formula is C13H19FIN. The number of hydrogen-bond acceptors (Lipinski definition) is 1. The monoisotopic (exact) mass is 335 g/mol. The Kier molecular flexibility index (Phi) is 5.69. The van der Waals surface area contributed by atoms with Crippen LogP contribution in [0.1, 0.15) is 38.8 Å². The van der Waals surface area contributed by atoms with Gasteiger partial charge in [-0.15, -0.1) is 0 Å². The van der Waals surface area contributed by atoms with Crippen molar-refractivity contribution in [1.29, 1.82) is 0 Å². The third kappa shape index (κ3) is 4.01. The highest BCUT2D eigenvalue weighted by Gasteiger charge is 2.15. The van der Waals surface area contributed by atoms with Gasteiger partial charge >= 0.3 is 0 Å². The average molecular weight is 335 g/mol. The highest BCUT2D eigenvalue weighted by Crippen LogP contribution is 2.26. The molecule has 1 unspecified atom stereocenters. The number of nitrogens with one attached hydrogen (secondary N) is 1. The van der Waals surface area contributed by atoms with Crippen LogP contribution in [-0.2, 0) is 0 Å². The van der Waals surface area contributed by atoms with Gasteiger partial charge in [0.25, 0.3) is 0 Å². The summed E-state index contributed by atoms with van der Waals surface area (Å²) in [5.41, 5.74) is 1.21. The topological polar surface area (TPSA) is 12.0 Å². The maximum atomic E-state index is 13.0. The minimum atomic E-state index is -0.159. The Balaban J connectivity index is 2.91. The molecule has 16 heavy (non-hydrogen) atoms. The zero-order chi connectivity index (χ0) is 12.1. The van der Waals surface area contributed by atoms with Gasteiger partial charge < -0.3 is 5.32 Å². The predicted molar refractivity (Wildman–Crippen MR) is 75.0 cm³/mol. The van der Waals surface area contributed by atoms with Crippen molar-refractivity contribution in [3.05, 3.63) is 33.1 Å². The van der Waals surface area contributed by atoms with E-state index < -0.39 is 0 Å². The van der Waals surface area contributed by atoms with Crippen molar-refractivity contribution in [2.75, 3.05) is 6.54 Å². The van der Waals surface area contributed by atoms with Crippen molar-refractivity contribution in [3.8, 4) is 0 Å². The number of benzene rings is 1. The van der Waals surface area contributed by atoms with E-state index in [4.69, 9.17) is 0 Å². The van der Waals surface area contributed by atoms with Crippen LogP contribution < -0.4 is 5.32 Å². The molecule has 0 aromatic heterocycles. The largest absolute Gasteiger partial charge is 0.310 e. The third-order valence-electron chi connectivity index (χ3n) is 2.50. The summed E-state index contributed by atoms with van der Waals surface area (Å²) < 4.78 is 14.0. The molecule has 0 radical (unpaired) electrons.